The van der Waals surface area contributed by atoms with Crippen molar-refractivity contribution in [3.8, 4) is 6.07 Å². The maximum Gasteiger partial charge on any atom is 0.275 e. The molecule has 2 aromatic heterocycles. The molecule has 0 saturated heterocycles. The van der Waals surface area contributed by atoms with Crippen LogP contribution in [0.4, 0.5) is 14.6 Å². The molecule has 0 spiro atoms. The Morgan fingerprint density at radius 3 is 2.83 bits per heavy atom. The van der Waals surface area contributed by atoms with Gasteiger partial charge in [0.15, 0.2) is 0 Å². The number of amides is 1. The Morgan fingerprint density at radius 2 is 2.17 bits per heavy atom. The van der Waals surface area contributed by atoms with E-state index < -0.39 is 37.9 Å². The molecule has 12 heteroatoms. The predicted octanol–water partition coefficient (Wildman–Crippen LogP) is 3.11. The zero-order valence-electron chi connectivity index (χ0n) is 19.7. The number of nitrogens with zero attached hydrogens (tertiary/aromatic N) is 5. The SMILES string of the molecule is Cc1cc(C#N)cnc1C(=O)Nc1ccc(F)c(C2(CF)CS3(C)(O)=NCCCC3(C)C(N)=N2)n1. The normalized spacial score (nSPS) is 27.7. The number of alkyl halides is 1. The lowest BCUT2D eigenvalue weighted by molar-refractivity contribution is 0.102. The number of amidine groups is 1. The Kier molecular flexibility index (Phi) is 5.77. The summed E-state index contributed by atoms with van der Waals surface area (Å²) in [5.41, 5.74) is 4.86. The van der Waals surface area contributed by atoms with Crippen molar-refractivity contribution in [2.75, 3.05) is 30.5 Å². The number of rotatable bonds is 4. The van der Waals surface area contributed by atoms with Gasteiger partial charge in [0, 0.05) is 18.5 Å². The van der Waals surface area contributed by atoms with Crippen LogP contribution in [0.3, 0.4) is 0 Å². The molecule has 9 nitrogen and oxygen atoms in total. The van der Waals surface area contributed by atoms with Gasteiger partial charge in [-0.1, -0.05) is 9.24 Å². The Labute approximate surface area is 201 Å². The van der Waals surface area contributed by atoms with E-state index in [-0.39, 0.29) is 28.8 Å². The number of nitriles is 1. The molecule has 0 aromatic carbocycles. The average molecular weight is 504 g/mol. The third kappa shape index (κ3) is 3.79. The van der Waals surface area contributed by atoms with Crippen molar-refractivity contribution in [3.63, 3.8) is 0 Å². The Hall–Kier alpha value is -3.30. The van der Waals surface area contributed by atoms with Crippen molar-refractivity contribution in [1.82, 2.24) is 9.97 Å². The predicted molar refractivity (Wildman–Crippen MR) is 131 cm³/mol. The fraction of sp³-hybridized carbons (Fsp3) is 0.435. The molecule has 4 N–H and O–H groups in total. The molecule has 0 radical (unpaired) electrons. The highest BCUT2D eigenvalue weighted by atomic mass is 32.3. The van der Waals surface area contributed by atoms with Gasteiger partial charge in [0.25, 0.3) is 5.91 Å². The molecule has 0 aliphatic carbocycles. The van der Waals surface area contributed by atoms with E-state index in [0.29, 0.717) is 30.5 Å². The number of aromatic nitrogens is 2. The number of anilines is 1. The molecular formula is C23H27F2N7O2S. The number of halogens is 2. The monoisotopic (exact) mass is 503 g/mol. The molecule has 1 amide bonds. The smallest absolute Gasteiger partial charge is 0.275 e. The summed E-state index contributed by atoms with van der Waals surface area (Å²) in [5.74, 6) is -1.78. The lowest BCUT2D eigenvalue weighted by Crippen LogP contribution is -2.69. The van der Waals surface area contributed by atoms with Crippen LogP contribution in [-0.2, 0) is 14.8 Å². The molecule has 2 unspecified atom stereocenters. The summed E-state index contributed by atoms with van der Waals surface area (Å²) in [4.78, 5) is 25.4. The van der Waals surface area contributed by atoms with Gasteiger partial charge in [-0.15, -0.1) is 0 Å². The van der Waals surface area contributed by atoms with E-state index in [1.54, 1.807) is 20.1 Å². The summed E-state index contributed by atoms with van der Waals surface area (Å²) in [7, 11) is -3.71. The van der Waals surface area contributed by atoms with Gasteiger partial charge >= 0.3 is 0 Å². The number of carbonyl (C=O) groups excluding carboxylic acids is 1. The van der Waals surface area contributed by atoms with Crippen LogP contribution < -0.4 is 11.1 Å². The Balaban J connectivity index is 1.77. The fourth-order valence-corrected chi connectivity index (χ4v) is 8.82. The minimum Gasteiger partial charge on any atom is -0.386 e. The molecule has 0 bridgehead atoms. The minimum atomic E-state index is -3.71. The van der Waals surface area contributed by atoms with Crippen LogP contribution >= 0.6 is 0 Å². The molecule has 35 heavy (non-hydrogen) atoms. The number of fused-ring (bicyclic) bond motifs is 1. The van der Waals surface area contributed by atoms with Gasteiger partial charge in [0.1, 0.15) is 47.1 Å². The number of nitrogens with one attached hydrogen (secondary N) is 1. The van der Waals surface area contributed by atoms with E-state index in [9.17, 15) is 13.7 Å². The summed E-state index contributed by atoms with van der Waals surface area (Å²) in [6.07, 6.45) is 4.09. The van der Waals surface area contributed by atoms with Crippen LogP contribution in [0.2, 0.25) is 0 Å². The van der Waals surface area contributed by atoms with Crippen LogP contribution in [-0.4, -0.2) is 56.2 Å². The largest absolute Gasteiger partial charge is 0.386 e. The second-order valence-corrected chi connectivity index (χ2v) is 14.0. The van der Waals surface area contributed by atoms with Gasteiger partial charge in [0.05, 0.1) is 10.3 Å². The fourth-order valence-electron chi connectivity index (χ4n) is 4.83. The van der Waals surface area contributed by atoms with Crippen LogP contribution in [0.5, 0.6) is 0 Å². The minimum absolute atomic E-state index is 0.0184. The first-order valence-electron chi connectivity index (χ1n) is 11.0. The maximum absolute atomic E-state index is 15.1. The van der Waals surface area contributed by atoms with E-state index in [4.69, 9.17) is 11.0 Å². The molecule has 0 fully saturated rings. The van der Waals surface area contributed by atoms with Crippen molar-refractivity contribution in [2.45, 2.75) is 37.0 Å². The number of carbonyl (C=O) groups is 1. The molecule has 4 heterocycles. The van der Waals surface area contributed by atoms with E-state index in [1.165, 1.54) is 18.3 Å². The van der Waals surface area contributed by atoms with Crippen LogP contribution in [0, 0.1) is 24.1 Å². The number of aryl methyl sites for hydroxylation is 1. The van der Waals surface area contributed by atoms with Gasteiger partial charge in [-0.05, 0) is 56.7 Å². The molecule has 2 aromatic rings. The van der Waals surface area contributed by atoms with E-state index >= 15 is 4.39 Å². The summed E-state index contributed by atoms with van der Waals surface area (Å²) in [5, 5.41) is 11.5. The van der Waals surface area contributed by atoms with Gasteiger partial charge < -0.3 is 15.6 Å². The molecule has 2 atom stereocenters. The van der Waals surface area contributed by atoms with Crippen molar-refractivity contribution in [2.24, 2.45) is 15.1 Å². The quantitative estimate of drug-likeness (QED) is 0.583. The highest BCUT2D eigenvalue weighted by Crippen LogP contribution is 2.52. The lowest BCUT2D eigenvalue weighted by Gasteiger charge is -2.60. The first-order chi connectivity index (χ1) is 16.4. The molecular weight excluding hydrogens is 476 g/mol. The average Bonchev–Trinajstić information content (AvgIpc) is 2.81. The van der Waals surface area contributed by atoms with Crippen molar-refractivity contribution in [3.05, 3.63) is 52.7 Å². The first kappa shape index (κ1) is 24.8. The summed E-state index contributed by atoms with van der Waals surface area (Å²) < 4.78 is 45.4. The number of nitrogens with two attached hydrogens (primary N) is 1. The number of aliphatic imine (C=N–C) groups is 1. The van der Waals surface area contributed by atoms with Gasteiger partial charge in [-0.3, -0.25) is 14.1 Å². The third-order valence-electron chi connectivity index (χ3n) is 7.05. The van der Waals surface area contributed by atoms with Crippen LogP contribution in [0.25, 0.3) is 0 Å². The molecule has 2 aliphatic heterocycles. The first-order valence-corrected chi connectivity index (χ1v) is 13.5. The highest BCUT2D eigenvalue weighted by molar-refractivity contribution is 8.18. The summed E-state index contributed by atoms with van der Waals surface area (Å²) in [6, 6.07) is 5.74. The van der Waals surface area contributed by atoms with Crippen LogP contribution in [0.1, 0.15) is 47.1 Å². The van der Waals surface area contributed by atoms with Crippen molar-refractivity contribution >= 4 is 26.8 Å². The van der Waals surface area contributed by atoms with E-state index in [2.05, 4.69) is 24.6 Å². The van der Waals surface area contributed by atoms with Gasteiger partial charge in [0.2, 0.25) is 0 Å². The molecule has 186 valence electrons. The highest BCUT2D eigenvalue weighted by Gasteiger charge is 2.60. The standard InChI is InChI=1S/C23H27F2N7O2S/c1-14-9-15(10-26)11-28-18(14)20(33)31-17-6-5-16(25)19(30-17)23(12-24)13-35(3,34)22(2,21(27)32-23)7-4-8-29-35/h5-6,9,11H,4,7-8,12-13H2,1-3H3,(H2,27,32)(H,29,34)(H,30,31,33). The van der Waals surface area contributed by atoms with Crippen molar-refractivity contribution < 1.29 is 18.1 Å². The third-order valence-corrected chi connectivity index (χ3v) is 11.8. The summed E-state index contributed by atoms with van der Waals surface area (Å²) >= 11 is 0. The topological polar surface area (TPSA) is 150 Å². The zero-order valence-corrected chi connectivity index (χ0v) is 20.5. The van der Waals surface area contributed by atoms with E-state index in [1.807, 2.05) is 6.07 Å². The van der Waals surface area contributed by atoms with Crippen molar-refractivity contribution in [1.29, 1.82) is 5.26 Å². The summed E-state index contributed by atoms with van der Waals surface area (Å²) in [6.45, 7) is 2.62. The molecule has 2 aliphatic rings. The van der Waals surface area contributed by atoms with Crippen LogP contribution in [0.15, 0.2) is 33.8 Å². The number of hydrogen-bond donors (Lipinski definition) is 3. The maximum atomic E-state index is 15.1. The lowest BCUT2D eigenvalue weighted by atomic mass is 9.95. The van der Waals surface area contributed by atoms with E-state index in [0.717, 1.165) is 6.07 Å². The number of hydrogen-bond acceptors (Lipinski definition) is 7. The van der Waals surface area contributed by atoms with Gasteiger partial charge in [-0.25, -0.2) is 18.7 Å². The van der Waals surface area contributed by atoms with Gasteiger partial charge in [-0.2, -0.15) is 5.26 Å². The second kappa shape index (κ2) is 8.13. The number of pyridine rings is 2. The second-order valence-electron chi connectivity index (χ2n) is 9.50. The Morgan fingerprint density at radius 1 is 1.43 bits per heavy atom. The Bertz CT molecular complexity index is 1380. The molecule has 0 saturated carbocycles. The zero-order chi connectivity index (χ0) is 25.7. The molecule has 4 rings (SSSR count).